The van der Waals surface area contributed by atoms with Crippen LogP contribution in [0.2, 0.25) is 0 Å². The summed E-state index contributed by atoms with van der Waals surface area (Å²) in [5.41, 5.74) is 1.27. The summed E-state index contributed by atoms with van der Waals surface area (Å²) in [6.45, 7) is 21.3. The average Bonchev–Trinajstić information content (AvgIpc) is 2.34. The van der Waals surface area contributed by atoms with Gasteiger partial charge in [-0.25, -0.2) is 0 Å². The molecule has 0 rings (SSSR count). The first-order valence-electron chi connectivity index (χ1n) is 6.12. The number of hydrogen-bond donors (Lipinski definition) is 0. The number of hydrogen-bond acceptors (Lipinski definition) is 0. The molecule has 0 saturated heterocycles. The van der Waals surface area contributed by atoms with Crippen molar-refractivity contribution in [3.63, 3.8) is 0 Å². The average molecular weight is 212 g/mol. The van der Waals surface area contributed by atoms with Crippen molar-refractivity contribution in [1.29, 1.82) is 0 Å². The van der Waals surface area contributed by atoms with Crippen LogP contribution in [0.25, 0.3) is 0 Å². The van der Waals surface area contributed by atoms with E-state index >= 15 is 0 Å². The van der Waals surface area contributed by atoms with Gasteiger partial charge in [0.2, 0.25) is 0 Å². The highest BCUT2D eigenvalue weighted by Gasteiger charge is 1.71. The van der Waals surface area contributed by atoms with Crippen molar-refractivity contribution < 1.29 is 0 Å². The fourth-order valence-electron chi connectivity index (χ4n) is 0.405. The van der Waals surface area contributed by atoms with Crippen LogP contribution in [0.5, 0.6) is 0 Å². The minimum absolute atomic E-state index is 1.08. The molecule has 0 nitrogen and oxygen atoms in total. The predicted molar refractivity (Wildman–Crippen MR) is 77.4 cm³/mol. The summed E-state index contributed by atoms with van der Waals surface area (Å²) >= 11 is 0. The van der Waals surface area contributed by atoms with Crippen LogP contribution < -0.4 is 0 Å². The molecule has 0 fully saturated rings. The smallest absolute Gasteiger partial charge is 0.0374 e. The number of rotatable bonds is 3. The molecule has 0 spiro atoms. The van der Waals surface area contributed by atoms with Crippen LogP contribution in [0.15, 0.2) is 37.0 Å². The molecule has 0 heterocycles. The van der Waals surface area contributed by atoms with E-state index in [0.29, 0.717) is 0 Å². The number of allylic oxidation sites excluding steroid dienone is 4. The lowest BCUT2D eigenvalue weighted by molar-refractivity contribution is 1.20. The Morgan fingerprint density at radius 3 is 1.33 bits per heavy atom. The van der Waals surface area contributed by atoms with Crippen molar-refractivity contribution in [2.24, 2.45) is 0 Å². The maximum Gasteiger partial charge on any atom is -0.0374 e. The Kier molecular flexibility index (Phi) is 60.1. The van der Waals surface area contributed by atoms with Crippen LogP contribution in [0, 0.1) is 0 Å². The molecule has 0 aliphatic rings. The third kappa shape index (κ3) is 61.1. The lowest BCUT2D eigenvalue weighted by Gasteiger charge is -1.83. The lowest BCUT2D eigenvalue weighted by Crippen LogP contribution is -1.62. The normalized spacial score (nSPS) is 7.80. The van der Waals surface area contributed by atoms with E-state index < -0.39 is 0 Å². The van der Waals surface area contributed by atoms with E-state index in [4.69, 9.17) is 0 Å². The highest BCUT2D eigenvalue weighted by molar-refractivity contribution is 5.11. The summed E-state index contributed by atoms with van der Waals surface area (Å²) in [4.78, 5) is 0. The van der Waals surface area contributed by atoms with Gasteiger partial charge >= 0.3 is 0 Å². The van der Waals surface area contributed by atoms with E-state index in [0.717, 1.165) is 12.8 Å². The molecule has 0 amide bonds. The first kappa shape index (κ1) is 23.8. The molecule has 0 N–H and O–H groups in total. The molecule has 0 aromatic rings. The quantitative estimate of drug-likeness (QED) is 0.388. The van der Waals surface area contributed by atoms with Gasteiger partial charge in [0.15, 0.2) is 0 Å². The predicted octanol–water partition coefficient (Wildman–Crippen LogP) is 6.16. The SMILES string of the molecule is C=C/C(C)=C\CC.C=CCC.CC.CC. The Morgan fingerprint density at radius 2 is 1.27 bits per heavy atom. The van der Waals surface area contributed by atoms with Gasteiger partial charge in [0.05, 0.1) is 0 Å². The van der Waals surface area contributed by atoms with Gasteiger partial charge < -0.3 is 0 Å². The van der Waals surface area contributed by atoms with Crippen LogP contribution in [-0.2, 0) is 0 Å². The molecule has 92 valence electrons. The monoisotopic (exact) mass is 212 g/mol. The molecular formula is C15H32. The summed E-state index contributed by atoms with van der Waals surface area (Å²) < 4.78 is 0. The van der Waals surface area contributed by atoms with E-state index in [1.807, 2.05) is 39.8 Å². The zero-order chi connectivity index (χ0) is 13.1. The van der Waals surface area contributed by atoms with Crippen molar-refractivity contribution in [3.05, 3.63) is 37.0 Å². The van der Waals surface area contributed by atoms with Gasteiger partial charge in [-0.2, -0.15) is 0 Å². The van der Waals surface area contributed by atoms with Crippen molar-refractivity contribution in [1.82, 2.24) is 0 Å². The zero-order valence-corrected chi connectivity index (χ0v) is 12.1. The molecule has 0 aliphatic heterocycles. The molecule has 0 aromatic heterocycles. The Morgan fingerprint density at radius 1 is 0.933 bits per heavy atom. The standard InChI is InChI=1S/C7H12.C4H8.2C2H6/c1-4-6-7(3)5-2;1-3-4-2;2*1-2/h5-6H,2,4H2,1,3H3;3H,1,4H2,2H3;2*1-2H3/b7-6-;;;. The van der Waals surface area contributed by atoms with Crippen LogP contribution >= 0.6 is 0 Å². The van der Waals surface area contributed by atoms with Crippen LogP contribution in [0.4, 0.5) is 0 Å². The van der Waals surface area contributed by atoms with Gasteiger partial charge in [-0.3, -0.25) is 0 Å². The third-order valence-corrected chi connectivity index (χ3v) is 1.14. The minimum Gasteiger partial charge on any atom is -0.103 e. The van der Waals surface area contributed by atoms with Crippen molar-refractivity contribution in [3.8, 4) is 0 Å². The lowest BCUT2D eigenvalue weighted by atomic mass is 10.2. The van der Waals surface area contributed by atoms with Gasteiger partial charge in [0, 0.05) is 0 Å². The van der Waals surface area contributed by atoms with Crippen molar-refractivity contribution >= 4 is 0 Å². The fourth-order valence-corrected chi connectivity index (χ4v) is 0.405. The maximum absolute atomic E-state index is 3.61. The van der Waals surface area contributed by atoms with Gasteiger partial charge in [0.1, 0.15) is 0 Å². The highest BCUT2D eigenvalue weighted by atomic mass is 13.8. The summed E-state index contributed by atoms with van der Waals surface area (Å²) in [6.07, 6.45) is 8.08. The largest absolute Gasteiger partial charge is 0.103 e. The molecule has 0 radical (unpaired) electrons. The van der Waals surface area contributed by atoms with Gasteiger partial charge in [-0.05, 0) is 19.8 Å². The van der Waals surface area contributed by atoms with E-state index in [2.05, 4.69) is 40.0 Å². The molecule has 0 unspecified atom stereocenters. The van der Waals surface area contributed by atoms with E-state index in [-0.39, 0.29) is 0 Å². The molecule has 0 aromatic carbocycles. The molecule has 0 atom stereocenters. The summed E-state index contributed by atoms with van der Waals surface area (Å²) in [6, 6.07) is 0. The van der Waals surface area contributed by atoms with Crippen LogP contribution in [-0.4, -0.2) is 0 Å². The topological polar surface area (TPSA) is 0 Å². The van der Waals surface area contributed by atoms with Gasteiger partial charge in [-0.15, -0.1) is 6.58 Å². The van der Waals surface area contributed by atoms with Crippen LogP contribution in [0.3, 0.4) is 0 Å². The molecule has 15 heavy (non-hydrogen) atoms. The Hall–Kier alpha value is -0.780. The summed E-state index contributed by atoms with van der Waals surface area (Å²) in [5, 5.41) is 0. The summed E-state index contributed by atoms with van der Waals surface area (Å²) in [7, 11) is 0. The first-order valence-corrected chi connectivity index (χ1v) is 6.12. The van der Waals surface area contributed by atoms with E-state index in [1.165, 1.54) is 5.57 Å². The second-order valence-corrected chi connectivity index (χ2v) is 2.26. The Bertz CT molecular complexity index is 118. The maximum atomic E-state index is 3.61. The fraction of sp³-hybridized carbons (Fsp3) is 0.600. The Balaban J connectivity index is -0.0000000647. The molecule has 0 saturated carbocycles. The van der Waals surface area contributed by atoms with Gasteiger partial charge in [-0.1, -0.05) is 71.9 Å². The van der Waals surface area contributed by atoms with Crippen molar-refractivity contribution in [2.75, 3.05) is 0 Å². The van der Waals surface area contributed by atoms with Gasteiger partial charge in [0.25, 0.3) is 0 Å². The van der Waals surface area contributed by atoms with E-state index in [9.17, 15) is 0 Å². The summed E-state index contributed by atoms with van der Waals surface area (Å²) in [5.74, 6) is 0. The molecule has 0 bridgehead atoms. The highest BCUT2D eigenvalue weighted by Crippen LogP contribution is 1.92. The van der Waals surface area contributed by atoms with Crippen molar-refractivity contribution in [2.45, 2.75) is 61.3 Å². The Labute approximate surface area is 98.8 Å². The minimum atomic E-state index is 1.08. The molecule has 0 aliphatic carbocycles. The second kappa shape index (κ2) is 37.9. The molecule has 0 heteroatoms. The second-order valence-electron chi connectivity index (χ2n) is 2.26. The van der Waals surface area contributed by atoms with Crippen LogP contribution in [0.1, 0.15) is 61.3 Å². The molecular weight excluding hydrogens is 180 g/mol. The first-order chi connectivity index (χ1) is 7.22. The van der Waals surface area contributed by atoms with E-state index in [1.54, 1.807) is 0 Å². The third-order valence-electron chi connectivity index (χ3n) is 1.14. The zero-order valence-electron chi connectivity index (χ0n) is 12.1.